The molecule has 44 heavy (non-hydrogen) atoms. The van der Waals surface area contributed by atoms with Gasteiger partial charge in [-0.05, 0) is 84.3 Å². The molecule has 6 nitrogen and oxygen atoms in total. The van der Waals surface area contributed by atoms with E-state index in [1.54, 1.807) is 60.8 Å². The highest BCUT2D eigenvalue weighted by atomic mass is 19.3. The third-order valence-corrected chi connectivity index (χ3v) is 7.18. The van der Waals surface area contributed by atoms with Crippen molar-refractivity contribution in [1.29, 1.82) is 0 Å². The first-order valence-corrected chi connectivity index (χ1v) is 14.1. The Morgan fingerprint density at radius 2 is 1.77 bits per heavy atom. The largest absolute Gasteiger partial charge is 0.461 e. The van der Waals surface area contributed by atoms with Gasteiger partial charge in [-0.15, -0.1) is 0 Å². The summed E-state index contributed by atoms with van der Waals surface area (Å²) in [5, 5.41) is 14.4. The molecule has 0 aliphatic heterocycles. The summed E-state index contributed by atoms with van der Waals surface area (Å²) in [6.07, 6.45) is -1.76. The van der Waals surface area contributed by atoms with Gasteiger partial charge in [-0.25, -0.2) is 4.98 Å². The number of rotatable bonds is 11. The second-order valence-corrected chi connectivity index (χ2v) is 10.4. The van der Waals surface area contributed by atoms with Crippen LogP contribution >= 0.6 is 0 Å². The molecule has 228 valence electrons. The zero-order valence-corrected chi connectivity index (χ0v) is 23.5. The maximum Gasteiger partial charge on any atom is 0.461 e. The van der Waals surface area contributed by atoms with Gasteiger partial charge in [0.2, 0.25) is 5.88 Å². The Morgan fingerprint density at radius 3 is 2.52 bits per heavy atom. The molecule has 5 rings (SSSR count). The molecule has 0 fully saturated rings. The van der Waals surface area contributed by atoms with E-state index in [4.69, 9.17) is 4.74 Å². The quantitative estimate of drug-likeness (QED) is 0.173. The van der Waals surface area contributed by atoms with E-state index in [1.807, 2.05) is 24.3 Å². The van der Waals surface area contributed by atoms with Gasteiger partial charge < -0.3 is 19.9 Å². The lowest BCUT2D eigenvalue weighted by Gasteiger charge is -2.26. The van der Waals surface area contributed by atoms with Crippen LogP contribution in [0.1, 0.15) is 51.6 Å². The number of aliphatic hydroxyl groups excluding tert-OH is 1. The predicted octanol–water partition coefficient (Wildman–Crippen LogP) is 7.53. The van der Waals surface area contributed by atoms with E-state index >= 15 is 0 Å². The van der Waals surface area contributed by atoms with E-state index < -0.39 is 36.3 Å². The fraction of sp³-hybridized carbons (Fsp3) is 0.235. The lowest BCUT2D eigenvalue weighted by molar-refractivity contribution is -0.253. The highest BCUT2D eigenvalue weighted by molar-refractivity contribution is 5.98. The second-order valence-electron chi connectivity index (χ2n) is 10.4. The first-order valence-electron chi connectivity index (χ1n) is 14.1. The molecule has 0 bridgehead atoms. The molecule has 3 aromatic carbocycles. The van der Waals surface area contributed by atoms with Gasteiger partial charge in [0.05, 0.1) is 12.1 Å². The molecule has 1 aliphatic rings. The molecule has 1 aromatic heterocycles. The maximum absolute atomic E-state index is 13.7. The number of benzene rings is 3. The molecular weight excluding hydrogens is 576 g/mol. The summed E-state index contributed by atoms with van der Waals surface area (Å²) in [6, 6.07) is 21.6. The highest BCUT2D eigenvalue weighted by Gasteiger charge is 2.44. The first-order chi connectivity index (χ1) is 21.2. The van der Waals surface area contributed by atoms with Gasteiger partial charge in [-0.3, -0.25) is 4.79 Å². The van der Waals surface area contributed by atoms with Crippen LogP contribution in [0, 0.1) is 0 Å². The Labute approximate surface area is 252 Å². The molecule has 1 aliphatic carbocycles. The number of hydrogen-bond donors (Lipinski definition) is 2. The summed E-state index contributed by atoms with van der Waals surface area (Å²) in [4.78, 5) is 17.8. The number of carbonyl (C=O) groups is 1. The van der Waals surface area contributed by atoms with Crippen LogP contribution in [0.2, 0.25) is 0 Å². The number of pyridine rings is 1. The van der Waals surface area contributed by atoms with Crippen LogP contribution in [0.5, 0.6) is 17.4 Å². The number of alkyl halides is 4. The summed E-state index contributed by atoms with van der Waals surface area (Å²) in [5.74, 6) is -0.0311. The van der Waals surface area contributed by atoms with Gasteiger partial charge in [-0.1, -0.05) is 54.6 Å². The molecule has 4 aromatic rings. The fourth-order valence-corrected chi connectivity index (χ4v) is 5.01. The molecule has 0 saturated heterocycles. The highest BCUT2D eigenvalue weighted by Crippen LogP contribution is 2.30. The van der Waals surface area contributed by atoms with Crippen LogP contribution in [-0.4, -0.2) is 34.6 Å². The lowest BCUT2D eigenvalue weighted by Crippen LogP contribution is -2.41. The zero-order valence-electron chi connectivity index (χ0n) is 23.5. The summed E-state index contributed by atoms with van der Waals surface area (Å²) >= 11 is 0. The number of aryl methyl sites for hydroxylation is 1. The smallest absolute Gasteiger partial charge is 0.439 e. The van der Waals surface area contributed by atoms with Crippen molar-refractivity contribution in [3.63, 3.8) is 0 Å². The molecule has 0 spiro atoms. The van der Waals surface area contributed by atoms with Gasteiger partial charge in [0.15, 0.2) is 0 Å². The normalized spacial score (nSPS) is 14.3. The summed E-state index contributed by atoms with van der Waals surface area (Å²) in [7, 11) is 0. The standard InChI is InChI=1S/C34H30F4N2O4/c35-33(36)34(37,38)44-26-11-6-8-22(20-26)21-29(40-32(42)28-13-7-10-23-9-2-1-3-12-27(23)28)31(41)24-15-17-25(18-16-24)43-30-14-4-5-19-39-30/h3-8,10-20,29,31,33,41H,1-2,9,21H2,(H,40,42). The first kappa shape index (κ1) is 30.7. The third-order valence-electron chi connectivity index (χ3n) is 7.18. The second kappa shape index (κ2) is 13.7. The molecule has 2 atom stereocenters. The van der Waals surface area contributed by atoms with E-state index in [-0.39, 0.29) is 6.42 Å². The molecule has 0 saturated carbocycles. The van der Waals surface area contributed by atoms with E-state index in [0.717, 1.165) is 36.5 Å². The average molecular weight is 607 g/mol. The average Bonchev–Trinajstić information content (AvgIpc) is 3.27. The number of allylic oxidation sites excluding steroid dienone is 1. The molecule has 0 radical (unpaired) electrons. The number of carbonyl (C=O) groups excluding carboxylic acids is 1. The van der Waals surface area contributed by atoms with Crippen LogP contribution in [0.15, 0.2) is 97.2 Å². The van der Waals surface area contributed by atoms with Crippen molar-refractivity contribution in [1.82, 2.24) is 10.3 Å². The molecule has 2 unspecified atom stereocenters. The monoisotopic (exact) mass is 606 g/mol. The number of halogens is 4. The van der Waals surface area contributed by atoms with Crippen molar-refractivity contribution < 1.29 is 36.9 Å². The van der Waals surface area contributed by atoms with Crippen molar-refractivity contribution in [3.05, 3.63) is 125 Å². The minimum atomic E-state index is -4.68. The Morgan fingerprint density at radius 1 is 0.977 bits per heavy atom. The Hall–Kier alpha value is -4.70. The van der Waals surface area contributed by atoms with Crippen molar-refractivity contribution in [2.24, 2.45) is 0 Å². The van der Waals surface area contributed by atoms with Crippen molar-refractivity contribution in [3.8, 4) is 17.4 Å². The van der Waals surface area contributed by atoms with E-state index in [1.165, 1.54) is 12.1 Å². The SMILES string of the molecule is O=C(NC(Cc1cccc(OC(F)(F)C(F)F)c1)C(O)c1ccc(Oc2ccccn2)cc1)c1cccc2c1C=CCCC2. The van der Waals surface area contributed by atoms with Crippen molar-refractivity contribution >= 4 is 12.0 Å². The maximum atomic E-state index is 13.7. The number of ether oxygens (including phenoxy) is 2. The number of amides is 1. The summed E-state index contributed by atoms with van der Waals surface area (Å²) in [6.45, 7) is 0. The van der Waals surface area contributed by atoms with Crippen molar-refractivity contribution in [2.45, 2.75) is 50.4 Å². The Bertz CT molecular complexity index is 1600. The van der Waals surface area contributed by atoms with Gasteiger partial charge in [-0.2, -0.15) is 17.6 Å². The van der Waals surface area contributed by atoms with Crippen LogP contribution < -0.4 is 14.8 Å². The lowest BCUT2D eigenvalue weighted by atomic mass is 9.94. The predicted molar refractivity (Wildman–Crippen MR) is 157 cm³/mol. The summed E-state index contributed by atoms with van der Waals surface area (Å²) in [5.41, 5.74) is 3.10. The van der Waals surface area contributed by atoms with Crippen LogP contribution in [0.4, 0.5) is 17.6 Å². The van der Waals surface area contributed by atoms with Gasteiger partial charge in [0, 0.05) is 17.8 Å². The fourth-order valence-electron chi connectivity index (χ4n) is 5.01. The zero-order chi connectivity index (χ0) is 31.1. The minimum absolute atomic E-state index is 0.0264. The number of fused-ring (bicyclic) bond motifs is 1. The topological polar surface area (TPSA) is 80.7 Å². The van der Waals surface area contributed by atoms with E-state index in [0.29, 0.717) is 28.3 Å². The number of nitrogens with zero attached hydrogens (tertiary/aromatic N) is 1. The van der Waals surface area contributed by atoms with Crippen molar-refractivity contribution in [2.75, 3.05) is 0 Å². The number of aliphatic hydroxyl groups is 1. The van der Waals surface area contributed by atoms with Crippen LogP contribution in [0.3, 0.4) is 0 Å². The Balaban J connectivity index is 1.41. The molecule has 10 heteroatoms. The van der Waals surface area contributed by atoms with Crippen LogP contribution in [-0.2, 0) is 12.8 Å². The van der Waals surface area contributed by atoms with Gasteiger partial charge >= 0.3 is 12.5 Å². The number of nitrogens with one attached hydrogen (secondary N) is 1. The number of aromatic nitrogens is 1. The molecule has 1 amide bonds. The third kappa shape index (κ3) is 7.62. The van der Waals surface area contributed by atoms with Gasteiger partial charge in [0.1, 0.15) is 11.5 Å². The summed E-state index contributed by atoms with van der Waals surface area (Å²) < 4.78 is 62.6. The molecule has 2 N–H and O–H groups in total. The Kier molecular flexibility index (Phi) is 9.59. The molecular formula is C34H30F4N2O4. The van der Waals surface area contributed by atoms with Gasteiger partial charge in [0.25, 0.3) is 5.91 Å². The van der Waals surface area contributed by atoms with E-state index in [2.05, 4.69) is 15.0 Å². The molecule has 1 heterocycles. The van der Waals surface area contributed by atoms with Crippen LogP contribution in [0.25, 0.3) is 6.08 Å². The number of hydrogen-bond acceptors (Lipinski definition) is 5. The van der Waals surface area contributed by atoms with E-state index in [9.17, 15) is 27.5 Å². The minimum Gasteiger partial charge on any atom is -0.439 e.